The van der Waals surface area contributed by atoms with Gasteiger partial charge < -0.3 is 5.11 Å². The van der Waals surface area contributed by atoms with Crippen molar-refractivity contribution < 1.29 is 5.11 Å². The van der Waals surface area contributed by atoms with Gasteiger partial charge in [0.05, 0.1) is 11.8 Å². The van der Waals surface area contributed by atoms with Crippen molar-refractivity contribution in [2.45, 2.75) is 45.1 Å². The van der Waals surface area contributed by atoms with Crippen molar-refractivity contribution in [2.24, 2.45) is 0 Å². The van der Waals surface area contributed by atoms with Crippen LogP contribution in [-0.2, 0) is 0 Å². The number of aliphatic hydroxyl groups is 1. The predicted octanol–water partition coefficient (Wildman–Crippen LogP) is 4.84. The predicted molar refractivity (Wildman–Crippen MR) is 88.2 cm³/mol. The molecule has 0 fully saturated rings. The molecule has 2 aromatic rings. The maximum Gasteiger partial charge on any atom is 0.102 e. The molecule has 0 aliphatic rings. The number of hydrogen-bond acceptors (Lipinski definition) is 2. The van der Waals surface area contributed by atoms with E-state index < -0.39 is 6.10 Å². The molecule has 2 rings (SSSR count). The first kappa shape index (κ1) is 14.7. The van der Waals surface area contributed by atoms with Crippen LogP contribution in [0, 0.1) is 3.70 Å². The van der Waals surface area contributed by atoms with Gasteiger partial charge in [0.15, 0.2) is 0 Å². The first-order chi connectivity index (χ1) is 9.22. The van der Waals surface area contributed by atoms with Gasteiger partial charge in [-0.3, -0.25) is 0 Å². The summed E-state index contributed by atoms with van der Waals surface area (Å²) in [5.41, 5.74) is 0.832. The molecule has 0 amide bonds. The van der Waals surface area contributed by atoms with Crippen LogP contribution in [0.5, 0.6) is 0 Å². The SMILES string of the molecule is CCCCCCC(O)c1nc(I)cc2ccccc12. The Morgan fingerprint density at radius 3 is 2.79 bits per heavy atom. The highest BCUT2D eigenvalue weighted by molar-refractivity contribution is 14.1. The Balaban J connectivity index is 2.18. The molecule has 0 spiro atoms. The van der Waals surface area contributed by atoms with Crippen LogP contribution < -0.4 is 0 Å². The molecule has 102 valence electrons. The van der Waals surface area contributed by atoms with E-state index in [1.807, 2.05) is 18.2 Å². The van der Waals surface area contributed by atoms with Crippen LogP contribution >= 0.6 is 22.6 Å². The molecular formula is C16H20INO. The molecule has 0 saturated carbocycles. The van der Waals surface area contributed by atoms with Gasteiger partial charge in [-0.1, -0.05) is 56.9 Å². The standard InChI is InChI=1S/C16H20INO/c1-2-3-4-5-10-14(19)16-13-9-7-6-8-12(13)11-15(17)18-16/h6-9,11,14,19H,2-5,10H2,1H3. The molecule has 0 radical (unpaired) electrons. The minimum atomic E-state index is -0.448. The third kappa shape index (κ3) is 3.89. The quantitative estimate of drug-likeness (QED) is 0.449. The zero-order valence-electron chi connectivity index (χ0n) is 11.3. The molecule has 3 heteroatoms. The third-order valence-electron chi connectivity index (χ3n) is 3.39. The lowest BCUT2D eigenvalue weighted by atomic mass is 10.0. The summed E-state index contributed by atoms with van der Waals surface area (Å²) in [6.45, 7) is 2.20. The van der Waals surface area contributed by atoms with Crippen molar-refractivity contribution in [3.8, 4) is 0 Å². The molecule has 0 bridgehead atoms. The Bertz CT molecular complexity index is 541. The van der Waals surface area contributed by atoms with Gasteiger partial charge in [-0.2, -0.15) is 0 Å². The molecule has 1 heterocycles. The average Bonchev–Trinajstić information content (AvgIpc) is 2.42. The second-order valence-corrected chi connectivity index (χ2v) is 6.02. The van der Waals surface area contributed by atoms with E-state index in [1.165, 1.54) is 19.3 Å². The highest BCUT2D eigenvalue weighted by atomic mass is 127. The number of hydrogen-bond donors (Lipinski definition) is 1. The summed E-state index contributed by atoms with van der Waals surface area (Å²) < 4.78 is 0.943. The third-order valence-corrected chi connectivity index (χ3v) is 3.94. The van der Waals surface area contributed by atoms with E-state index in [0.29, 0.717) is 0 Å². The van der Waals surface area contributed by atoms with Crippen molar-refractivity contribution in [3.63, 3.8) is 0 Å². The van der Waals surface area contributed by atoms with E-state index >= 15 is 0 Å². The van der Waals surface area contributed by atoms with Crippen LogP contribution in [0.3, 0.4) is 0 Å². The van der Waals surface area contributed by atoms with Crippen molar-refractivity contribution in [3.05, 3.63) is 39.7 Å². The van der Waals surface area contributed by atoms with Gasteiger partial charge in [0.2, 0.25) is 0 Å². The maximum absolute atomic E-state index is 10.4. The lowest BCUT2D eigenvalue weighted by Crippen LogP contribution is -2.03. The summed E-state index contributed by atoms with van der Waals surface area (Å²) in [5.74, 6) is 0. The first-order valence-electron chi connectivity index (χ1n) is 6.95. The van der Waals surface area contributed by atoms with Crippen molar-refractivity contribution in [1.29, 1.82) is 0 Å². The molecule has 0 saturated heterocycles. The van der Waals surface area contributed by atoms with Gasteiger partial charge >= 0.3 is 0 Å². The minimum Gasteiger partial charge on any atom is -0.387 e. The number of benzene rings is 1. The molecule has 1 atom stereocenters. The minimum absolute atomic E-state index is 0.448. The second-order valence-electron chi connectivity index (χ2n) is 4.92. The lowest BCUT2D eigenvalue weighted by molar-refractivity contribution is 0.160. The molecule has 19 heavy (non-hydrogen) atoms. The fraction of sp³-hybridized carbons (Fsp3) is 0.438. The zero-order chi connectivity index (χ0) is 13.7. The van der Waals surface area contributed by atoms with Crippen molar-refractivity contribution >= 4 is 33.4 Å². The summed E-state index contributed by atoms with van der Waals surface area (Å²) in [6.07, 6.45) is 5.08. The average molecular weight is 369 g/mol. The molecular weight excluding hydrogens is 349 g/mol. The summed E-state index contributed by atoms with van der Waals surface area (Å²) in [7, 11) is 0. The number of fused-ring (bicyclic) bond motifs is 1. The highest BCUT2D eigenvalue weighted by Crippen LogP contribution is 2.27. The van der Waals surface area contributed by atoms with Crippen LogP contribution in [-0.4, -0.2) is 10.1 Å². The highest BCUT2D eigenvalue weighted by Gasteiger charge is 2.13. The van der Waals surface area contributed by atoms with Crippen LogP contribution in [0.1, 0.15) is 50.8 Å². The molecule has 1 N–H and O–H groups in total. The molecule has 1 aromatic heterocycles. The van der Waals surface area contributed by atoms with E-state index in [-0.39, 0.29) is 0 Å². The first-order valence-corrected chi connectivity index (χ1v) is 8.03. The van der Waals surface area contributed by atoms with E-state index in [2.05, 4.69) is 46.6 Å². The van der Waals surface area contributed by atoms with Gasteiger partial charge in [-0.15, -0.1) is 0 Å². The van der Waals surface area contributed by atoms with E-state index in [1.54, 1.807) is 0 Å². The van der Waals surface area contributed by atoms with Crippen molar-refractivity contribution in [1.82, 2.24) is 4.98 Å². The van der Waals surface area contributed by atoms with Crippen LogP contribution in [0.4, 0.5) is 0 Å². The number of halogens is 1. The number of aliphatic hydroxyl groups excluding tert-OH is 1. The number of aromatic nitrogens is 1. The van der Waals surface area contributed by atoms with Crippen LogP contribution in [0.15, 0.2) is 30.3 Å². The lowest BCUT2D eigenvalue weighted by Gasteiger charge is -2.13. The van der Waals surface area contributed by atoms with E-state index in [0.717, 1.165) is 33.0 Å². The Labute approximate surface area is 128 Å². The number of rotatable bonds is 6. The zero-order valence-corrected chi connectivity index (χ0v) is 13.4. The van der Waals surface area contributed by atoms with Gasteiger partial charge in [0, 0.05) is 5.39 Å². The molecule has 1 aromatic carbocycles. The number of pyridine rings is 1. The Hall–Kier alpha value is -0.680. The smallest absolute Gasteiger partial charge is 0.102 e. The second kappa shape index (κ2) is 7.20. The monoisotopic (exact) mass is 369 g/mol. The summed E-state index contributed by atoms with van der Waals surface area (Å²) in [6, 6.07) is 10.2. The fourth-order valence-corrected chi connectivity index (χ4v) is 2.94. The summed E-state index contributed by atoms with van der Waals surface area (Å²) in [4.78, 5) is 4.54. The number of unbranched alkanes of at least 4 members (excludes halogenated alkanes) is 3. The van der Waals surface area contributed by atoms with Crippen molar-refractivity contribution in [2.75, 3.05) is 0 Å². The summed E-state index contributed by atoms with van der Waals surface area (Å²) >= 11 is 2.22. The molecule has 0 aliphatic heterocycles. The van der Waals surface area contributed by atoms with Gasteiger partial charge in [0.1, 0.15) is 3.70 Å². The largest absolute Gasteiger partial charge is 0.387 e. The Morgan fingerprint density at radius 1 is 1.21 bits per heavy atom. The number of nitrogens with zero attached hydrogens (tertiary/aromatic N) is 1. The van der Waals surface area contributed by atoms with Crippen LogP contribution in [0.25, 0.3) is 10.8 Å². The van der Waals surface area contributed by atoms with E-state index in [4.69, 9.17) is 0 Å². The van der Waals surface area contributed by atoms with Gasteiger partial charge in [0.25, 0.3) is 0 Å². The molecule has 1 unspecified atom stereocenters. The maximum atomic E-state index is 10.4. The molecule has 0 aliphatic carbocycles. The van der Waals surface area contributed by atoms with E-state index in [9.17, 15) is 5.11 Å². The topological polar surface area (TPSA) is 33.1 Å². The van der Waals surface area contributed by atoms with Gasteiger partial charge in [-0.25, -0.2) is 4.98 Å². The normalized spacial score (nSPS) is 12.8. The fourth-order valence-electron chi connectivity index (χ4n) is 2.35. The Morgan fingerprint density at radius 2 is 2.00 bits per heavy atom. The van der Waals surface area contributed by atoms with Crippen LogP contribution in [0.2, 0.25) is 0 Å². The molecule has 2 nitrogen and oxygen atoms in total. The summed E-state index contributed by atoms with van der Waals surface area (Å²) in [5, 5.41) is 12.6. The Kier molecular flexibility index (Phi) is 5.58. The van der Waals surface area contributed by atoms with Gasteiger partial charge in [-0.05, 0) is 40.5 Å².